The molecule has 0 aromatic heterocycles. The molecule has 0 amide bonds. The van der Waals surface area contributed by atoms with E-state index in [2.05, 4.69) is 10.1 Å². The Morgan fingerprint density at radius 1 is 1.24 bits per heavy atom. The van der Waals surface area contributed by atoms with Crippen molar-refractivity contribution in [3.8, 4) is 5.75 Å². The molecular formula is C14H21F3N2O2. The van der Waals surface area contributed by atoms with Crippen molar-refractivity contribution < 1.29 is 23.0 Å². The predicted molar refractivity (Wildman–Crippen MR) is 73.8 cm³/mol. The summed E-state index contributed by atoms with van der Waals surface area (Å²) in [6, 6.07) is 5.43. The summed E-state index contributed by atoms with van der Waals surface area (Å²) < 4.78 is 40.1. The van der Waals surface area contributed by atoms with Crippen LogP contribution in [0.5, 0.6) is 5.75 Å². The van der Waals surface area contributed by atoms with E-state index in [1.165, 1.54) is 12.1 Å². The zero-order chi connectivity index (χ0) is 16.0. The number of nitrogens with one attached hydrogen (secondary N) is 1. The van der Waals surface area contributed by atoms with Crippen molar-refractivity contribution >= 4 is 0 Å². The van der Waals surface area contributed by atoms with Gasteiger partial charge in [-0.15, -0.1) is 13.2 Å². The van der Waals surface area contributed by atoms with Gasteiger partial charge >= 0.3 is 6.36 Å². The highest BCUT2D eigenvalue weighted by molar-refractivity contribution is 5.29. The van der Waals surface area contributed by atoms with E-state index in [0.717, 1.165) is 5.56 Å². The first-order valence-electron chi connectivity index (χ1n) is 6.71. The zero-order valence-electron chi connectivity index (χ0n) is 12.0. The number of benzene rings is 1. The molecule has 0 heterocycles. The summed E-state index contributed by atoms with van der Waals surface area (Å²) in [6.07, 6.45) is -4.57. The number of hydrogen-bond acceptors (Lipinski definition) is 4. The lowest BCUT2D eigenvalue weighted by Crippen LogP contribution is -2.36. The summed E-state index contributed by atoms with van der Waals surface area (Å²) in [5.41, 5.74) is 6.46. The smallest absolute Gasteiger partial charge is 0.406 e. The molecule has 0 radical (unpaired) electrons. The van der Waals surface area contributed by atoms with Crippen LogP contribution in [0, 0.1) is 0 Å². The molecule has 1 aromatic carbocycles. The van der Waals surface area contributed by atoms with Crippen LogP contribution in [-0.4, -0.2) is 30.2 Å². The Labute approximate surface area is 122 Å². The van der Waals surface area contributed by atoms with E-state index in [0.29, 0.717) is 13.0 Å². The second-order valence-corrected chi connectivity index (χ2v) is 5.06. The highest BCUT2D eigenvalue weighted by Crippen LogP contribution is 2.24. The molecule has 0 bridgehead atoms. The fourth-order valence-electron chi connectivity index (χ4n) is 2.13. The number of rotatable bonds is 7. The van der Waals surface area contributed by atoms with Gasteiger partial charge in [0.25, 0.3) is 0 Å². The lowest BCUT2D eigenvalue weighted by atomic mass is 10.0. The molecule has 21 heavy (non-hydrogen) atoms. The second kappa shape index (κ2) is 7.63. The normalized spacial score (nSPS) is 16.3. The van der Waals surface area contributed by atoms with Gasteiger partial charge < -0.3 is 20.9 Å². The minimum atomic E-state index is -4.70. The summed E-state index contributed by atoms with van der Waals surface area (Å²) in [5.74, 6) is -0.265. The first kappa shape index (κ1) is 17.7. The van der Waals surface area contributed by atoms with Crippen LogP contribution in [0.4, 0.5) is 13.2 Å². The fourth-order valence-corrected chi connectivity index (χ4v) is 2.13. The molecule has 1 rings (SSSR count). The minimum Gasteiger partial charge on any atom is -0.406 e. The Morgan fingerprint density at radius 3 is 2.24 bits per heavy atom. The standard InChI is InChI=1S/C14H21F3N2O2/c1-9(7-10(2)20)19-13(8-18)11-3-5-12(6-4-11)21-14(15,16)17/h3-6,9-10,13,19-20H,7-8,18H2,1-2H3. The largest absolute Gasteiger partial charge is 0.573 e. The SMILES string of the molecule is CC(O)CC(C)NC(CN)c1ccc(OC(F)(F)F)cc1. The average Bonchev–Trinajstić information content (AvgIpc) is 2.34. The predicted octanol–water partition coefficient (Wildman–Crippen LogP) is 2.33. The summed E-state index contributed by atoms with van der Waals surface area (Å²) >= 11 is 0. The van der Waals surface area contributed by atoms with E-state index in [1.54, 1.807) is 19.1 Å². The number of hydrogen-bond donors (Lipinski definition) is 3. The van der Waals surface area contributed by atoms with Crippen molar-refractivity contribution in [2.75, 3.05) is 6.54 Å². The van der Waals surface area contributed by atoms with Crippen LogP contribution in [-0.2, 0) is 0 Å². The Balaban J connectivity index is 2.69. The van der Waals surface area contributed by atoms with E-state index >= 15 is 0 Å². The molecule has 7 heteroatoms. The van der Waals surface area contributed by atoms with Gasteiger partial charge in [0.15, 0.2) is 0 Å². The third-order valence-corrected chi connectivity index (χ3v) is 2.93. The van der Waals surface area contributed by atoms with Crippen molar-refractivity contribution in [3.05, 3.63) is 29.8 Å². The van der Waals surface area contributed by atoms with Crippen LogP contribution in [0.3, 0.4) is 0 Å². The number of ether oxygens (including phenoxy) is 1. The molecular weight excluding hydrogens is 285 g/mol. The zero-order valence-corrected chi connectivity index (χ0v) is 12.0. The molecule has 0 saturated heterocycles. The van der Waals surface area contributed by atoms with E-state index in [1.807, 2.05) is 6.92 Å². The maximum atomic E-state index is 12.1. The first-order chi connectivity index (χ1) is 9.71. The van der Waals surface area contributed by atoms with Gasteiger partial charge in [0.05, 0.1) is 6.10 Å². The molecule has 0 aliphatic rings. The van der Waals surface area contributed by atoms with Crippen molar-refractivity contribution in [1.29, 1.82) is 0 Å². The van der Waals surface area contributed by atoms with Crippen LogP contribution in [0.15, 0.2) is 24.3 Å². The topological polar surface area (TPSA) is 67.5 Å². The van der Waals surface area contributed by atoms with Gasteiger partial charge in [0.2, 0.25) is 0 Å². The maximum Gasteiger partial charge on any atom is 0.573 e. The third-order valence-electron chi connectivity index (χ3n) is 2.93. The highest BCUT2D eigenvalue weighted by Gasteiger charge is 2.31. The van der Waals surface area contributed by atoms with Crippen molar-refractivity contribution in [2.24, 2.45) is 5.73 Å². The van der Waals surface area contributed by atoms with Gasteiger partial charge in [-0.1, -0.05) is 12.1 Å². The lowest BCUT2D eigenvalue weighted by Gasteiger charge is -2.23. The number of nitrogens with two attached hydrogens (primary N) is 1. The monoisotopic (exact) mass is 306 g/mol. The summed E-state index contributed by atoms with van der Waals surface area (Å²) in [4.78, 5) is 0. The van der Waals surface area contributed by atoms with Crippen LogP contribution in [0.2, 0.25) is 0 Å². The quantitative estimate of drug-likeness (QED) is 0.723. The van der Waals surface area contributed by atoms with Gasteiger partial charge in [-0.2, -0.15) is 0 Å². The van der Waals surface area contributed by atoms with E-state index in [4.69, 9.17) is 5.73 Å². The number of halogens is 3. The Morgan fingerprint density at radius 2 is 1.81 bits per heavy atom. The minimum absolute atomic E-state index is 0.0321. The molecule has 1 aromatic rings. The van der Waals surface area contributed by atoms with Gasteiger partial charge in [0.1, 0.15) is 5.75 Å². The Kier molecular flexibility index (Phi) is 6.44. The average molecular weight is 306 g/mol. The van der Waals surface area contributed by atoms with Gasteiger partial charge in [0, 0.05) is 18.6 Å². The van der Waals surface area contributed by atoms with Crippen molar-refractivity contribution in [1.82, 2.24) is 5.32 Å². The van der Waals surface area contributed by atoms with Gasteiger partial charge in [-0.25, -0.2) is 0 Å². The number of aliphatic hydroxyl groups is 1. The second-order valence-electron chi connectivity index (χ2n) is 5.06. The highest BCUT2D eigenvalue weighted by atomic mass is 19.4. The molecule has 0 saturated carbocycles. The van der Waals surface area contributed by atoms with Crippen LogP contribution >= 0.6 is 0 Å². The molecule has 0 aliphatic heterocycles. The lowest BCUT2D eigenvalue weighted by molar-refractivity contribution is -0.274. The molecule has 0 fully saturated rings. The van der Waals surface area contributed by atoms with E-state index in [-0.39, 0.29) is 17.8 Å². The Bertz CT molecular complexity index is 421. The summed E-state index contributed by atoms with van der Waals surface area (Å²) in [5, 5.41) is 12.6. The van der Waals surface area contributed by atoms with Crippen molar-refractivity contribution in [3.63, 3.8) is 0 Å². The van der Waals surface area contributed by atoms with Gasteiger partial charge in [-0.05, 0) is 38.0 Å². The number of alkyl halides is 3. The molecule has 3 atom stereocenters. The van der Waals surface area contributed by atoms with E-state index in [9.17, 15) is 18.3 Å². The van der Waals surface area contributed by atoms with Crippen molar-refractivity contribution in [2.45, 2.75) is 44.8 Å². The maximum absolute atomic E-state index is 12.1. The Hall–Kier alpha value is -1.31. The van der Waals surface area contributed by atoms with Crippen LogP contribution in [0.1, 0.15) is 31.9 Å². The summed E-state index contributed by atoms with van der Waals surface area (Å²) in [7, 11) is 0. The molecule has 0 aliphatic carbocycles. The first-order valence-corrected chi connectivity index (χ1v) is 6.71. The molecule has 120 valence electrons. The van der Waals surface area contributed by atoms with Crippen LogP contribution in [0.25, 0.3) is 0 Å². The van der Waals surface area contributed by atoms with Gasteiger partial charge in [-0.3, -0.25) is 0 Å². The summed E-state index contributed by atoms with van der Waals surface area (Å²) in [6.45, 7) is 3.90. The third kappa shape index (κ3) is 6.79. The molecule has 4 N–H and O–H groups in total. The number of aliphatic hydroxyl groups excluding tert-OH is 1. The van der Waals surface area contributed by atoms with E-state index < -0.39 is 12.5 Å². The van der Waals surface area contributed by atoms with Crippen LogP contribution < -0.4 is 15.8 Å². The molecule has 0 spiro atoms. The fraction of sp³-hybridized carbons (Fsp3) is 0.571. The molecule has 4 nitrogen and oxygen atoms in total. The molecule has 3 unspecified atom stereocenters.